The summed E-state index contributed by atoms with van der Waals surface area (Å²) in [6.45, 7) is -0.804. The number of hydrogen-bond donors (Lipinski definition) is 1. The fourth-order valence-electron chi connectivity index (χ4n) is 0.623. The summed E-state index contributed by atoms with van der Waals surface area (Å²) in [5.74, 6) is -3.15. The van der Waals surface area contributed by atoms with Crippen molar-refractivity contribution in [1.29, 1.82) is 0 Å². The zero-order valence-electron chi connectivity index (χ0n) is 5.97. The average molecular weight is 194 g/mol. The standard InChI is InChI=1S/C6H6ClF2N3/c7-5-2-11-1-4(12-5)6(8,9)3-10/h1-2H,3,10H2. The third-order valence-electron chi connectivity index (χ3n) is 1.24. The maximum atomic E-state index is 12.8. The summed E-state index contributed by atoms with van der Waals surface area (Å²) in [5.41, 5.74) is 4.33. The van der Waals surface area contributed by atoms with Gasteiger partial charge in [0.15, 0.2) is 0 Å². The van der Waals surface area contributed by atoms with Crippen LogP contribution in [0.5, 0.6) is 0 Å². The number of rotatable bonds is 2. The second-order valence-corrected chi connectivity index (χ2v) is 2.52. The van der Waals surface area contributed by atoms with Crippen LogP contribution < -0.4 is 5.73 Å². The van der Waals surface area contributed by atoms with Crippen LogP contribution in [0.3, 0.4) is 0 Å². The van der Waals surface area contributed by atoms with E-state index in [0.29, 0.717) is 0 Å². The summed E-state index contributed by atoms with van der Waals surface area (Å²) in [6, 6.07) is 0. The molecule has 0 aliphatic carbocycles. The minimum Gasteiger partial charge on any atom is -0.325 e. The molecule has 1 rings (SSSR count). The second-order valence-electron chi connectivity index (χ2n) is 2.14. The van der Waals surface area contributed by atoms with Gasteiger partial charge in [0.25, 0.3) is 0 Å². The molecular weight excluding hydrogens is 188 g/mol. The summed E-state index contributed by atoms with van der Waals surface area (Å²) >= 11 is 5.36. The third-order valence-corrected chi connectivity index (χ3v) is 1.42. The van der Waals surface area contributed by atoms with Gasteiger partial charge in [-0.25, -0.2) is 4.98 Å². The zero-order chi connectivity index (χ0) is 9.19. The first kappa shape index (κ1) is 9.28. The van der Waals surface area contributed by atoms with E-state index in [1.165, 1.54) is 6.20 Å². The number of nitrogens with two attached hydrogens (primary N) is 1. The Morgan fingerprint density at radius 1 is 1.50 bits per heavy atom. The van der Waals surface area contributed by atoms with Crippen molar-refractivity contribution in [1.82, 2.24) is 9.97 Å². The molecule has 66 valence electrons. The molecule has 1 aromatic rings. The molecule has 1 aromatic heterocycles. The van der Waals surface area contributed by atoms with Crippen molar-refractivity contribution >= 4 is 11.6 Å². The molecule has 0 spiro atoms. The van der Waals surface area contributed by atoms with E-state index in [1.54, 1.807) is 0 Å². The molecular formula is C6H6ClF2N3. The topological polar surface area (TPSA) is 51.8 Å². The van der Waals surface area contributed by atoms with Gasteiger partial charge in [0.05, 0.1) is 18.9 Å². The van der Waals surface area contributed by atoms with Crippen molar-refractivity contribution in [3.8, 4) is 0 Å². The Labute approximate surface area is 72.6 Å². The van der Waals surface area contributed by atoms with Gasteiger partial charge in [-0.1, -0.05) is 11.6 Å². The van der Waals surface area contributed by atoms with Gasteiger partial charge in [-0.3, -0.25) is 4.98 Å². The first-order valence-electron chi connectivity index (χ1n) is 3.12. The fraction of sp³-hybridized carbons (Fsp3) is 0.333. The van der Waals surface area contributed by atoms with Crippen LogP contribution in [0, 0.1) is 0 Å². The van der Waals surface area contributed by atoms with Gasteiger partial charge in [-0.15, -0.1) is 0 Å². The van der Waals surface area contributed by atoms with E-state index in [1.807, 2.05) is 0 Å². The quantitative estimate of drug-likeness (QED) is 0.768. The molecule has 0 radical (unpaired) electrons. The predicted molar refractivity (Wildman–Crippen MR) is 40.0 cm³/mol. The molecule has 0 fully saturated rings. The molecule has 3 nitrogen and oxygen atoms in total. The minimum atomic E-state index is -3.15. The van der Waals surface area contributed by atoms with Gasteiger partial charge in [0.2, 0.25) is 0 Å². The lowest BCUT2D eigenvalue weighted by Crippen LogP contribution is -2.26. The van der Waals surface area contributed by atoms with Crippen LogP contribution in [0.2, 0.25) is 5.15 Å². The van der Waals surface area contributed by atoms with Gasteiger partial charge < -0.3 is 5.73 Å². The Balaban J connectivity index is 3.03. The zero-order valence-corrected chi connectivity index (χ0v) is 6.72. The molecule has 12 heavy (non-hydrogen) atoms. The monoisotopic (exact) mass is 193 g/mol. The second kappa shape index (κ2) is 3.28. The average Bonchev–Trinajstić information content (AvgIpc) is 2.05. The molecule has 0 saturated carbocycles. The maximum absolute atomic E-state index is 12.8. The van der Waals surface area contributed by atoms with Crippen LogP contribution in [0.25, 0.3) is 0 Å². The summed E-state index contributed by atoms with van der Waals surface area (Å²) in [6.07, 6.45) is 2.12. The number of halogens is 3. The van der Waals surface area contributed by atoms with Crippen molar-refractivity contribution in [2.75, 3.05) is 6.54 Å². The van der Waals surface area contributed by atoms with E-state index < -0.39 is 18.2 Å². The highest BCUT2D eigenvalue weighted by Crippen LogP contribution is 2.24. The molecule has 6 heteroatoms. The molecule has 0 bridgehead atoms. The van der Waals surface area contributed by atoms with Crippen molar-refractivity contribution in [3.63, 3.8) is 0 Å². The maximum Gasteiger partial charge on any atom is 0.303 e. The Bertz CT molecular complexity index is 279. The van der Waals surface area contributed by atoms with E-state index in [0.717, 1.165) is 6.20 Å². The lowest BCUT2D eigenvalue weighted by Gasteiger charge is -2.11. The largest absolute Gasteiger partial charge is 0.325 e. The van der Waals surface area contributed by atoms with Gasteiger partial charge in [-0.2, -0.15) is 8.78 Å². The van der Waals surface area contributed by atoms with Crippen molar-refractivity contribution < 1.29 is 8.78 Å². The molecule has 0 unspecified atom stereocenters. The highest BCUT2D eigenvalue weighted by atomic mass is 35.5. The number of hydrogen-bond acceptors (Lipinski definition) is 3. The molecule has 0 aliphatic rings. The van der Waals surface area contributed by atoms with Gasteiger partial charge in [0.1, 0.15) is 10.8 Å². The van der Waals surface area contributed by atoms with Crippen LogP contribution in [-0.4, -0.2) is 16.5 Å². The number of alkyl halides is 2. The normalized spacial score (nSPS) is 11.7. The Morgan fingerprint density at radius 2 is 2.17 bits per heavy atom. The molecule has 0 saturated heterocycles. The number of aromatic nitrogens is 2. The van der Waals surface area contributed by atoms with Crippen LogP contribution in [-0.2, 0) is 5.92 Å². The van der Waals surface area contributed by atoms with Gasteiger partial charge in [-0.05, 0) is 0 Å². The van der Waals surface area contributed by atoms with E-state index in [-0.39, 0.29) is 5.15 Å². The lowest BCUT2D eigenvalue weighted by molar-refractivity contribution is 0.00101. The summed E-state index contributed by atoms with van der Waals surface area (Å²) in [5, 5.41) is -0.0689. The Hall–Kier alpha value is -0.810. The van der Waals surface area contributed by atoms with E-state index in [4.69, 9.17) is 17.3 Å². The van der Waals surface area contributed by atoms with Crippen LogP contribution in [0.1, 0.15) is 5.69 Å². The summed E-state index contributed by atoms with van der Waals surface area (Å²) < 4.78 is 25.6. The van der Waals surface area contributed by atoms with Crippen molar-refractivity contribution in [2.45, 2.75) is 5.92 Å². The first-order valence-corrected chi connectivity index (χ1v) is 3.50. The molecule has 0 aromatic carbocycles. The predicted octanol–water partition coefficient (Wildman–Crippen LogP) is 1.18. The summed E-state index contributed by atoms with van der Waals surface area (Å²) in [7, 11) is 0. The first-order chi connectivity index (χ1) is 5.56. The van der Waals surface area contributed by atoms with Crippen molar-refractivity contribution in [3.05, 3.63) is 23.2 Å². The molecule has 2 N–H and O–H groups in total. The highest BCUT2D eigenvalue weighted by molar-refractivity contribution is 6.29. The Kier molecular flexibility index (Phi) is 2.54. The van der Waals surface area contributed by atoms with Crippen LogP contribution >= 0.6 is 11.6 Å². The van der Waals surface area contributed by atoms with E-state index >= 15 is 0 Å². The molecule has 0 amide bonds. The molecule has 1 heterocycles. The smallest absolute Gasteiger partial charge is 0.303 e. The SMILES string of the molecule is NCC(F)(F)c1cncc(Cl)n1. The van der Waals surface area contributed by atoms with E-state index in [9.17, 15) is 8.78 Å². The van der Waals surface area contributed by atoms with Crippen LogP contribution in [0.4, 0.5) is 8.78 Å². The molecule has 0 atom stereocenters. The van der Waals surface area contributed by atoms with Crippen LogP contribution in [0.15, 0.2) is 12.4 Å². The third kappa shape index (κ3) is 1.86. The minimum absolute atomic E-state index is 0.0689. The Morgan fingerprint density at radius 3 is 2.67 bits per heavy atom. The van der Waals surface area contributed by atoms with Gasteiger partial charge in [0, 0.05) is 0 Å². The number of nitrogens with zero attached hydrogens (tertiary/aromatic N) is 2. The van der Waals surface area contributed by atoms with Gasteiger partial charge >= 0.3 is 5.92 Å². The highest BCUT2D eigenvalue weighted by Gasteiger charge is 2.31. The van der Waals surface area contributed by atoms with Crippen molar-refractivity contribution in [2.24, 2.45) is 5.73 Å². The van der Waals surface area contributed by atoms with E-state index in [2.05, 4.69) is 9.97 Å². The fourth-order valence-corrected chi connectivity index (χ4v) is 0.770. The lowest BCUT2D eigenvalue weighted by atomic mass is 10.2. The summed E-state index contributed by atoms with van der Waals surface area (Å²) in [4.78, 5) is 6.86. The molecule has 0 aliphatic heterocycles.